The van der Waals surface area contributed by atoms with Crippen molar-refractivity contribution >= 4 is 23.4 Å². The first-order chi connectivity index (χ1) is 12.8. The second-order valence-corrected chi connectivity index (χ2v) is 8.49. The molecule has 0 atom stereocenters. The molecule has 27 heavy (non-hydrogen) atoms. The van der Waals surface area contributed by atoms with Gasteiger partial charge in [0.1, 0.15) is 0 Å². The number of nitrogens with one attached hydrogen (secondary N) is 1. The fraction of sp³-hybridized carbons (Fsp3) is 0.500. The van der Waals surface area contributed by atoms with Gasteiger partial charge in [-0.3, -0.25) is 19.9 Å². The first kappa shape index (κ1) is 19.9. The van der Waals surface area contributed by atoms with Gasteiger partial charge in [-0.15, -0.1) is 0 Å². The van der Waals surface area contributed by atoms with Crippen LogP contribution < -0.4 is 5.32 Å². The molecule has 1 aliphatic rings. The molecule has 1 saturated heterocycles. The Kier molecular flexibility index (Phi) is 6.19. The van der Waals surface area contributed by atoms with Gasteiger partial charge in [0.05, 0.1) is 12.2 Å². The molecule has 0 spiro atoms. The largest absolute Gasteiger partial charge is 0.338 e. The van der Waals surface area contributed by atoms with Crippen LogP contribution in [0, 0.1) is 0 Å². The van der Waals surface area contributed by atoms with Crippen LogP contribution in [0.25, 0.3) is 0 Å². The summed E-state index contributed by atoms with van der Waals surface area (Å²) in [6.07, 6.45) is 0. The van der Waals surface area contributed by atoms with Crippen LogP contribution in [0.3, 0.4) is 0 Å². The van der Waals surface area contributed by atoms with Gasteiger partial charge in [-0.2, -0.15) is 0 Å². The van der Waals surface area contributed by atoms with Crippen molar-refractivity contribution in [3.63, 3.8) is 0 Å². The summed E-state index contributed by atoms with van der Waals surface area (Å²) >= 11 is 6.05. The Morgan fingerprint density at radius 3 is 2.52 bits per heavy atom. The molecule has 1 N–H and O–H groups in total. The van der Waals surface area contributed by atoms with Crippen molar-refractivity contribution in [2.75, 3.05) is 38.0 Å². The number of halogens is 1. The van der Waals surface area contributed by atoms with E-state index >= 15 is 0 Å². The molecule has 2 aromatic rings. The van der Waals surface area contributed by atoms with E-state index in [-0.39, 0.29) is 11.3 Å². The molecule has 1 fully saturated rings. The number of piperazine rings is 1. The zero-order chi connectivity index (χ0) is 19.4. The number of nitrogens with zero attached hydrogens (tertiary/aromatic N) is 3. The molecule has 1 amide bonds. The SMILES string of the molecule is CC(C)(C)c1cc(NC(=O)CN2CCN(Cc3cccc(Cl)c3)CC2)on1. The summed E-state index contributed by atoms with van der Waals surface area (Å²) in [6.45, 7) is 11.0. The van der Waals surface area contributed by atoms with Crippen molar-refractivity contribution in [3.05, 3.63) is 46.6 Å². The number of benzene rings is 1. The minimum Gasteiger partial charge on any atom is -0.338 e. The maximum atomic E-state index is 12.3. The summed E-state index contributed by atoms with van der Waals surface area (Å²) in [5.74, 6) is 0.333. The highest BCUT2D eigenvalue weighted by atomic mass is 35.5. The first-order valence-corrected chi connectivity index (χ1v) is 9.63. The minimum atomic E-state index is -0.105. The minimum absolute atomic E-state index is 0.0742. The topological polar surface area (TPSA) is 61.6 Å². The van der Waals surface area contributed by atoms with Crippen LogP contribution >= 0.6 is 11.6 Å². The highest BCUT2D eigenvalue weighted by molar-refractivity contribution is 6.30. The fourth-order valence-electron chi connectivity index (χ4n) is 3.07. The lowest BCUT2D eigenvalue weighted by Crippen LogP contribution is -2.48. The van der Waals surface area contributed by atoms with Crippen LogP contribution in [0.5, 0.6) is 0 Å². The van der Waals surface area contributed by atoms with Gasteiger partial charge in [-0.05, 0) is 17.7 Å². The van der Waals surface area contributed by atoms with Gasteiger partial charge >= 0.3 is 0 Å². The van der Waals surface area contributed by atoms with E-state index in [4.69, 9.17) is 16.1 Å². The summed E-state index contributed by atoms with van der Waals surface area (Å²) in [7, 11) is 0. The van der Waals surface area contributed by atoms with E-state index in [1.165, 1.54) is 5.56 Å². The van der Waals surface area contributed by atoms with E-state index < -0.39 is 0 Å². The Balaban J connectivity index is 1.43. The van der Waals surface area contributed by atoms with Crippen molar-refractivity contribution in [3.8, 4) is 0 Å². The van der Waals surface area contributed by atoms with E-state index in [0.29, 0.717) is 12.4 Å². The van der Waals surface area contributed by atoms with Gasteiger partial charge < -0.3 is 4.52 Å². The maximum Gasteiger partial charge on any atom is 0.240 e. The molecule has 1 aliphatic heterocycles. The maximum absolute atomic E-state index is 12.3. The molecule has 6 nitrogen and oxygen atoms in total. The molecule has 0 radical (unpaired) electrons. The van der Waals surface area contributed by atoms with E-state index in [9.17, 15) is 4.79 Å². The van der Waals surface area contributed by atoms with Gasteiger partial charge in [0.15, 0.2) is 0 Å². The molecule has 0 aliphatic carbocycles. The zero-order valence-corrected chi connectivity index (χ0v) is 16.9. The average molecular weight is 391 g/mol. The lowest BCUT2D eigenvalue weighted by Gasteiger charge is -2.34. The molecular formula is C20H27ClN4O2. The quantitative estimate of drug-likeness (QED) is 0.847. The highest BCUT2D eigenvalue weighted by Gasteiger charge is 2.22. The van der Waals surface area contributed by atoms with E-state index in [2.05, 4.69) is 47.1 Å². The van der Waals surface area contributed by atoms with Crippen LogP contribution in [0.1, 0.15) is 32.0 Å². The molecule has 1 aromatic heterocycles. The predicted molar refractivity (Wildman–Crippen MR) is 107 cm³/mol. The first-order valence-electron chi connectivity index (χ1n) is 9.26. The second-order valence-electron chi connectivity index (χ2n) is 8.06. The van der Waals surface area contributed by atoms with Crippen molar-refractivity contribution in [2.45, 2.75) is 32.7 Å². The third-order valence-electron chi connectivity index (χ3n) is 4.67. The average Bonchev–Trinajstić information content (AvgIpc) is 3.05. The fourth-order valence-corrected chi connectivity index (χ4v) is 3.28. The summed E-state index contributed by atoms with van der Waals surface area (Å²) in [6, 6.07) is 9.76. The monoisotopic (exact) mass is 390 g/mol. The number of hydrogen-bond acceptors (Lipinski definition) is 5. The van der Waals surface area contributed by atoms with Crippen molar-refractivity contribution < 1.29 is 9.32 Å². The molecule has 2 heterocycles. The standard InChI is InChI=1S/C20H27ClN4O2/c1-20(2,3)17-12-19(27-23-17)22-18(26)14-25-9-7-24(8-10-25)13-15-5-4-6-16(21)11-15/h4-6,11-12H,7-10,13-14H2,1-3H3,(H,22,26). The van der Waals surface area contributed by atoms with Crippen LogP contribution in [0.15, 0.2) is 34.9 Å². The van der Waals surface area contributed by atoms with Crippen molar-refractivity contribution in [1.29, 1.82) is 0 Å². The predicted octanol–water partition coefficient (Wildman–Crippen LogP) is 3.38. The summed E-state index contributed by atoms with van der Waals surface area (Å²) in [5.41, 5.74) is 1.94. The molecule has 0 unspecified atom stereocenters. The van der Waals surface area contributed by atoms with Crippen LogP contribution in [-0.4, -0.2) is 53.6 Å². The smallest absolute Gasteiger partial charge is 0.240 e. The van der Waals surface area contributed by atoms with E-state index in [1.807, 2.05) is 18.2 Å². The van der Waals surface area contributed by atoms with Gasteiger partial charge in [-0.25, -0.2) is 0 Å². The molecule has 0 bridgehead atoms. The number of hydrogen-bond donors (Lipinski definition) is 1. The highest BCUT2D eigenvalue weighted by Crippen LogP contribution is 2.23. The van der Waals surface area contributed by atoms with Gasteiger partial charge in [0.2, 0.25) is 11.8 Å². The zero-order valence-electron chi connectivity index (χ0n) is 16.2. The molecule has 0 saturated carbocycles. The Hall–Kier alpha value is -1.89. The number of rotatable bonds is 5. The lowest BCUT2D eigenvalue weighted by molar-refractivity contribution is -0.117. The Bertz CT molecular complexity index is 776. The van der Waals surface area contributed by atoms with E-state index in [0.717, 1.165) is 43.4 Å². The Morgan fingerprint density at radius 1 is 1.19 bits per heavy atom. The normalized spacial score (nSPS) is 16.4. The number of anilines is 1. The number of carbonyl (C=O) groups excluding carboxylic acids is 1. The molecule has 3 rings (SSSR count). The lowest BCUT2D eigenvalue weighted by atomic mass is 9.92. The third kappa shape index (κ3) is 5.79. The van der Waals surface area contributed by atoms with Crippen molar-refractivity contribution in [1.82, 2.24) is 15.0 Å². The molecule has 1 aromatic carbocycles. The molecule has 146 valence electrons. The summed E-state index contributed by atoms with van der Waals surface area (Å²) in [4.78, 5) is 16.8. The third-order valence-corrected chi connectivity index (χ3v) is 4.90. The second kappa shape index (κ2) is 8.42. The number of amides is 1. The number of aromatic nitrogens is 1. The van der Waals surface area contributed by atoms with Gasteiger partial charge in [0.25, 0.3) is 0 Å². The molecular weight excluding hydrogens is 364 g/mol. The van der Waals surface area contributed by atoms with Crippen LogP contribution in [0.4, 0.5) is 5.88 Å². The van der Waals surface area contributed by atoms with Gasteiger partial charge in [0, 0.05) is 49.2 Å². The summed E-state index contributed by atoms with van der Waals surface area (Å²) in [5, 5.41) is 7.59. The van der Waals surface area contributed by atoms with Crippen molar-refractivity contribution in [2.24, 2.45) is 0 Å². The Labute approximate surface area is 165 Å². The van der Waals surface area contributed by atoms with Gasteiger partial charge in [-0.1, -0.05) is 49.7 Å². The Morgan fingerprint density at radius 2 is 1.89 bits per heavy atom. The van der Waals surface area contributed by atoms with Crippen LogP contribution in [0.2, 0.25) is 5.02 Å². The van der Waals surface area contributed by atoms with Crippen LogP contribution in [-0.2, 0) is 16.8 Å². The summed E-state index contributed by atoms with van der Waals surface area (Å²) < 4.78 is 5.22. The van der Waals surface area contributed by atoms with E-state index in [1.54, 1.807) is 6.07 Å². The number of carbonyl (C=O) groups is 1. The molecule has 7 heteroatoms.